The molecule has 1 aliphatic heterocycles. The van der Waals surface area contributed by atoms with E-state index in [2.05, 4.69) is 99.0 Å². The molecule has 1 rings (SSSR count). The number of hydrogen-bond donors (Lipinski definition) is 6. The summed E-state index contributed by atoms with van der Waals surface area (Å²) in [7, 11) is 0. The van der Waals surface area contributed by atoms with Crippen molar-refractivity contribution in [1.29, 1.82) is 0 Å². The molecule has 1 amide bonds. The average Bonchev–Trinajstić information content (AvgIpc) is 3.51. The summed E-state index contributed by atoms with van der Waals surface area (Å²) in [6, 6.07) is -1.04. The van der Waals surface area contributed by atoms with E-state index in [0.29, 0.717) is 12.8 Å². The Morgan fingerprint density at radius 3 is 1.48 bits per heavy atom. The number of nitrogens with one attached hydrogen (secondary N) is 1. The second kappa shape index (κ2) is 56.3. The van der Waals surface area contributed by atoms with Crippen LogP contribution in [0.3, 0.4) is 0 Å². The molecule has 0 aliphatic carbocycles. The Morgan fingerprint density at radius 2 is 0.951 bits per heavy atom. The monoisotopic (exact) mass is 1130 g/mol. The minimum Gasteiger partial charge on any atom is -0.454 e. The van der Waals surface area contributed by atoms with Crippen molar-refractivity contribution < 1.29 is 49.3 Å². The highest BCUT2D eigenvalue weighted by Crippen LogP contribution is 2.26. The smallest absolute Gasteiger partial charge is 0.306 e. The van der Waals surface area contributed by atoms with Crippen LogP contribution in [0.15, 0.2) is 134 Å². The van der Waals surface area contributed by atoms with Crippen molar-refractivity contribution >= 4 is 11.9 Å². The van der Waals surface area contributed by atoms with Crippen LogP contribution in [0, 0.1) is 0 Å². The number of aliphatic hydroxyl groups excluding tert-OH is 5. The van der Waals surface area contributed by atoms with Crippen LogP contribution >= 0.6 is 0 Å². The van der Waals surface area contributed by atoms with Crippen molar-refractivity contribution in [3.05, 3.63) is 134 Å². The van der Waals surface area contributed by atoms with Crippen LogP contribution in [0.1, 0.15) is 233 Å². The molecule has 6 N–H and O–H groups in total. The number of rotatable bonds is 52. The lowest BCUT2D eigenvalue weighted by atomic mass is 9.99. The summed E-state index contributed by atoms with van der Waals surface area (Å²) >= 11 is 0. The van der Waals surface area contributed by atoms with Crippen molar-refractivity contribution in [2.24, 2.45) is 0 Å². The zero-order valence-corrected chi connectivity index (χ0v) is 50.8. The Labute approximate surface area is 493 Å². The number of esters is 1. The van der Waals surface area contributed by atoms with Crippen LogP contribution in [-0.2, 0) is 23.8 Å². The molecule has 8 atom stereocenters. The Hall–Kier alpha value is -4.20. The molecule has 460 valence electrons. The van der Waals surface area contributed by atoms with Gasteiger partial charge in [-0.25, -0.2) is 0 Å². The van der Waals surface area contributed by atoms with Gasteiger partial charge in [0.15, 0.2) is 12.4 Å². The maximum atomic E-state index is 13.4. The van der Waals surface area contributed by atoms with E-state index < -0.39 is 67.4 Å². The number of unbranched alkanes of at least 4 members (excludes halogenated alkanes) is 22. The van der Waals surface area contributed by atoms with E-state index in [9.17, 15) is 35.1 Å². The van der Waals surface area contributed by atoms with Crippen molar-refractivity contribution in [3.8, 4) is 0 Å². The van der Waals surface area contributed by atoms with Gasteiger partial charge in [-0.2, -0.15) is 0 Å². The molecule has 0 saturated carbocycles. The number of carbonyl (C=O) groups is 2. The summed E-state index contributed by atoms with van der Waals surface area (Å²) in [6.45, 7) is 5.48. The predicted molar refractivity (Wildman–Crippen MR) is 337 cm³/mol. The second-order valence-electron chi connectivity index (χ2n) is 21.5. The normalized spacial score (nSPS) is 19.6. The molecule has 0 aromatic carbocycles. The first-order valence-corrected chi connectivity index (χ1v) is 32.0. The Morgan fingerprint density at radius 1 is 0.506 bits per heavy atom. The number of amides is 1. The fourth-order valence-corrected chi connectivity index (χ4v) is 9.17. The first kappa shape index (κ1) is 74.8. The third-order valence-electron chi connectivity index (χ3n) is 14.2. The first-order chi connectivity index (χ1) is 39.7. The predicted octanol–water partition coefficient (Wildman–Crippen LogP) is 15.6. The molecule has 0 bridgehead atoms. The molecule has 0 spiro atoms. The average molecular weight is 1130 g/mol. The van der Waals surface area contributed by atoms with Crippen LogP contribution in [0.4, 0.5) is 0 Å². The molecular formula is C70H115NO10. The SMILES string of the molecule is CC/C=C\C/C=C\C/C=C\C/C=C\C/C=C\CCCCCCCCCCCCC(O)C(=O)NC(COC1OC(CO)C(O)C(O)C1OC(=O)CCCCC/C=C/C=C\C=C/C=C/C=C/CC)C(O)/C=C/CCCCCCCCCCC. The summed E-state index contributed by atoms with van der Waals surface area (Å²) in [5.41, 5.74) is 0. The summed E-state index contributed by atoms with van der Waals surface area (Å²) in [5, 5.41) is 57.0. The van der Waals surface area contributed by atoms with E-state index in [1.54, 1.807) is 6.08 Å². The van der Waals surface area contributed by atoms with Gasteiger partial charge in [0, 0.05) is 6.42 Å². The zero-order valence-electron chi connectivity index (χ0n) is 50.8. The van der Waals surface area contributed by atoms with E-state index in [1.807, 2.05) is 54.7 Å². The molecular weight excluding hydrogens is 1010 g/mol. The van der Waals surface area contributed by atoms with E-state index in [0.717, 1.165) is 109 Å². The van der Waals surface area contributed by atoms with Crippen LogP contribution in [-0.4, -0.2) is 99.6 Å². The van der Waals surface area contributed by atoms with E-state index in [-0.39, 0.29) is 19.4 Å². The summed E-state index contributed by atoms with van der Waals surface area (Å²) in [6.07, 6.45) is 69.2. The molecule has 1 saturated heterocycles. The van der Waals surface area contributed by atoms with Gasteiger partial charge in [0.1, 0.15) is 24.4 Å². The lowest BCUT2D eigenvalue weighted by Crippen LogP contribution is -2.61. The summed E-state index contributed by atoms with van der Waals surface area (Å²) in [4.78, 5) is 26.5. The number of hydrogen-bond acceptors (Lipinski definition) is 10. The highest BCUT2D eigenvalue weighted by molar-refractivity contribution is 5.80. The molecule has 0 aromatic rings. The molecule has 1 aliphatic rings. The Balaban J connectivity index is 2.62. The number of carbonyl (C=O) groups excluding carboxylic acids is 2. The number of ether oxygens (including phenoxy) is 3. The van der Waals surface area contributed by atoms with Crippen LogP contribution in [0.25, 0.3) is 0 Å². The van der Waals surface area contributed by atoms with Gasteiger partial charge in [-0.05, 0) is 89.9 Å². The molecule has 11 heteroatoms. The van der Waals surface area contributed by atoms with Gasteiger partial charge in [-0.1, -0.05) is 270 Å². The van der Waals surface area contributed by atoms with E-state index >= 15 is 0 Å². The minimum absolute atomic E-state index is 0.0673. The van der Waals surface area contributed by atoms with Crippen LogP contribution < -0.4 is 5.32 Å². The Bertz CT molecular complexity index is 1830. The van der Waals surface area contributed by atoms with Gasteiger partial charge in [-0.3, -0.25) is 9.59 Å². The largest absolute Gasteiger partial charge is 0.454 e. The lowest BCUT2D eigenvalue weighted by molar-refractivity contribution is -0.305. The Kier molecular flexibility index (Phi) is 52.0. The number of allylic oxidation sites excluding steroid dienone is 21. The van der Waals surface area contributed by atoms with Gasteiger partial charge in [0.25, 0.3) is 0 Å². The molecule has 0 radical (unpaired) electrons. The molecule has 11 nitrogen and oxygen atoms in total. The van der Waals surface area contributed by atoms with Gasteiger partial charge in [0.2, 0.25) is 5.91 Å². The van der Waals surface area contributed by atoms with E-state index in [4.69, 9.17) is 14.2 Å². The summed E-state index contributed by atoms with van der Waals surface area (Å²) < 4.78 is 17.6. The minimum atomic E-state index is -1.64. The van der Waals surface area contributed by atoms with Crippen LogP contribution in [0.2, 0.25) is 0 Å². The third kappa shape index (κ3) is 44.1. The van der Waals surface area contributed by atoms with Crippen molar-refractivity contribution in [1.82, 2.24) is 5.32 Å². The number of aliphatic hydroxyl groups is 5. The van der Waals surface area contributed by atoms with Crippen molar-refractivity contribution in [2.45, 2.75) is 282 Å². The fraction of sp³-hybridized carbons (Fsp3) is 0.657. The third-order valence-corrected chi connectivity index (χ3v) is 14.2. The first-order valence-electron chi connectivity index (χ1n) is 32.0. The summed E-state index contributed by atoms with van der Waals surface area (Å²) in [5.74, 6) is -1.25. The second-order valence-corrected chi connectivity index (χ2v) is 21.5. The highest BCUT2D eigenvalue weighted by Gasteiger charge is 2.47. The van der Waals surface area contributed by atoms with Crippen molar-refractivity contribution in [2.75, 3.05) is 13.2 Å². The van der Waals surface area contributed by atoms with Gasteiger partial charge in [-0.15, -0.1) is 0 Å². The van der Waals surface area contributed by atoms with Gasteiger partial charge in [0.05, 0.1) is 25.4 Å². The molecule has 0 aromatic heterocycles. The zero-order chi connectivity index (χ0) is 58.9. The maximum Gasteiger partial charge on any atom is 0.306 e. The van der Waals surface area contributed by atoms with Crippen LogP contribution in [0.5, 0.6) is 0 Å². The maximum absolute atomic E-state index is 13.4. The van der Waals surface area contributed by atoms with Gasteiger partial charge < -0.3 is 45.1 Å². The molecule has 1 heterocycles. The van der Waals surface area contributed by atoms with Gasteiger partial charge >= 0.3 is 5.97 Å². The standard InChI is InChI=1S/C70H115NO10/c1-4-7-10-13-16-19-22-24-26-27-28-29-30-31-32-33-34-35-36-38-39-42-45-48-51-54-57-63(74)69(78)71-61(62(73)56-53-50-47-44-41-21-18-15-12-9-6-3)60-79-70-68(67(77)66(76)64(59-72)80-70)81-65(75)58-55-52-49-46-43-40-37-25-23-20-17-14-11-8-5-2/h7-8,10-11,14,16-17,19-20,23-26,28-29,31-32,37,40,43,53,56,61-64,66-68,70,72-74,76-77H,4-6,9,12-13,15,18,21-22,27,30,33-36,38-39,41-42,44-52,54-55,57-60H2,1-3H3,(H,71,78)/b10-7-,11-8+,17-14+,19-16-,23-20-,26-24-,29-28-,32-31-,37-25-,43-40+,56-53+. The molecule has 1 fully saturated rings. The lowest BCUT2D eigenvalue weighted by Gasteiger charge is -2.41. The topological polar surface area (TPSA) is 175 Å². The molecule has 8 unspecified atom stereocenters. The fourth-order valence-electron chi connectivity index (χ4n) is 9.17. The quantitative estimate of drug-likeness (QED) is 0.0149. The van der Waals surface area contributed by atoms with Crippen molar-refractivity contribution in [3.63, 3.8) is 0 Å². The van der Waals surface area contributed by atoms with E-state index in [1.165, 1.54) is 77.0 Å². The molecule has 81 heavy (non-hydrogen) atoms. The highest BCUT2D eigenvalue weighted by atomic mass is 16.7.